The maximum absolute atomic E-state index is 11.9. The third-order valence-corrected chi connectivity index (χ3v) is 4.87. The Morgan fingerprint density at radius 1 is 1.28 bits per heavy atom. The highest BCUT2D eigenvalue weighted by Gasteiger charge is 2.12. The lowest BCUT2D eigenvalue weighted by Crippen LogP contribution is -2.23. The smallest absolute Gasteiger partial charge is 0.307 e. The standard InChI is InChI=1S/C20H17Cl2N5O5/c1-31-19-7-13(5-6-18(19)32-12-15-16(21)3-2-4-17(15)22)8-23-25-20(28)11-26-10-14(9-24-26)27(29)30/h2-10H,11-12H2,1H3,(H,25,28)/b23-8+. The summed E-state index contributed by atoms with van der Waals surface area (Å²) in [7, 11) is 1.50. The van der Waals surface area contributed by atoms with E-state index in [0.717, 1.165) is 17.1 Å². The fraction of sp³-hybridized carbons (Fsp3) is 0.150. The number of hydrogen-bond acceptors (Lipinski definition) is 7. The molecule has 1 heterocycles. The zero-order valence-corrected chi connectivity index (χ0v) is 18.2. The summed E-state index contributed by atoms with van der Waals surface area (Å²) in [5, 5.41) is 19.3. The summed E-state index contributed by atoms with van der Waals surface area (Å²) in [6.45, 7) is -0.0597. The predicted octanol–water partition coefficient (Wildman–Crippen LogP) is 3.84. The van der Waals surface area contributed by atoms with Gasteiger partial charge in [0.05, 0.1) is 18.2 Å². The van der Waals surface area contributed by atoms with E-state index in [-0.39, 0.29) is 18.8 Å². The van der Waals surface area contributed by atoms with E-state index in [2.05, 4.69) is 15.6 Å². The minimum atomic E-state index is -0.594. The summed E-state index contributed by atoms with van der Waals surface area (Å²) in [6, 6.07) is 10.3. The summed E-state index contributed by atoms with van der Waals surface area (Å²) < 4.78 is 12.3. The molecule has 3 rings (SSSR count). The summed E-state index contributed by atoms with van der Waals surface area (Å²) in [5.41, 5.74) is 3.43. The molecule has 12 heteroatoms. The van der Waals surface area contributed by atoms with Crippen LogP contribution >= 0.6 is 23.2 Å². The van der Waals surface area contributed by atoms with Crippen molar-refractivity contribution in [2.75, 3.05) is 7.11 Å². The highest BCUT2D eigenvalue weighted by atomic mass is 35.5. The minimum absolute atomic E-state index is 0.157. The molecule has 0 radical (unpaired) electrons. The molecule has 32 heavy (non-hydrogen) atoms. The number of ether oxygens (including phenoxy) is 2. The molecule has 0 aliphatic heterocycles. The van der Waals surface area contributed by atoms with Crippen LogP contribution in [0.3, 0.4) is 0 Å². The molecular weight excluding hydrogens is 461 g/mol. The molecule has 0 aliphatic rings. The first-order valence-electron chi connectivity index (χ1n) is 9.10. The van der Waals surface area contributed by atoms with Gasteiger partial charge >= 0.3 is 5.69 Å². The van der Waals surface area contributed by atoms with Crippen LogP contribution in [-0.2, 0) is 17.9 Å². The van der Waals surface area contributed by atoms with E-state index in [0.29, 0.717) is 32.7 Å². The van der Waals surface area contributed by atoms with Crippen LogP contribution in [0.4, 0.5) is 5.69 Å². The molecule has 0 aliphatic carbocycles. The van der Waals surface area contributed by atoms with Gasteiger partial charge in [0, 0.05) is 15.6 Å². The van der Waals surface area contributed by atoms with Crippen molar-refractivity contribution in [1.82, 2.24) is 15.2 Å². The number of benzene rings is 2. The molecule has 3 aromatic rings. The molecule has 1 aromatic heterocycles. The van der Waals surface area contributed by atoms with Crippen LogP contribution < -0.4 is 14.9 Å². The van der Waals surface area contributed by atoms with E-state index in [4.69, 9.17) is 32.7 Å². The maximum atomic E-state index is 11.9. The van der Waals surface area contributed by atoms with Crippen molar-refractivity contribution in [3.8, 4) is 11.5 Å². The molecule has 1 N–H and O–H groups in total. The molecule has 0 bridgehead atoms. The number of methoxy groups -OCH3 is 1. The van der Waals surface area contributed by atoms with Crippen LogP contribution in [0.5, 0.6) is 11.5 Å². The Bertz CT molecular complexity index is 1140. The first-order valence-corrected chi connectivity index (χ1v) is 9.85. The molecule has 0 unspecified atom stereocenters. The number of hydrazone groups is 1. The van der Waals surface area contributed by atoms with E-state index in [1.807, 2.05) is 0 Å². The fourth-order valence-corrected chi connectivity index (χ4v) is 3.11. The van der Waals surface area contributed by atoms with E-state index in [1.165, 1.54) is 13.3 Å². The Morgan fingerprint density at radius 3 is 2.69 bits per heavy atom. The molecule has 0 saturated carbocycles. The van der Waals surface area contributed by atoms with Gasteiger partial charge in [0.25, 0.3) is 5.91 Å². The van der Waals surface area contributed by atoms with Crippen LogP contribution in [0.15, 0.2) is 53.9 Å². The van der Waals surface area contributed by atoms with Gasteiger partial charge in [0.15, 0.2) is 11.5 Å². The van der Waals surface area contributed by atoms with Crippen LogP contribution in [0.25, 0.3) is 0 Å². The second-order valence-electron chi connectivity index (χ2n) is 6.35. The molecular formula is C20H17Cl2N5O5. The number of carbonyl (C=O) groups is 1. The zero-order chi connectivity index (χ0) is 23.1. The number of aromatic nitrogens is 2. The third kappa shape index (κ3) is 5.96. The summed E-state index contributed by atoms with van der Waals surface area (Å²) in [4.78, 5) is 22.0. The molecule has 166 valence electrons. The van der Waals surface area contributed by atoms with Gasteiger partial charge in [-0.3, -0.25) is 19.6 Å². The van der Waals surface area contributed by atoms with E-state index >= 15 is 0 Å². The Kier molecular flexibility index (Phi) is 7.63. The Hall–Kier alpha value is -3.63. The topological polar surface area (TPSA) is 121 Å². The largest absolute Gasteiger partial charge is 0.493 e. The zero-order valence-electron chi connectivity index (χ0n) is 16.7. The fourth-order valence-electron chi connectivity index (χ4n) is 2.60. The lowest BCUT2D eigenvalue weighted by Gasteiger charge is -2.13. The maximum Gasteiger partial charge on any atom is 0.307 e. The lowest BCUT2D eigenvalue weighted by molar-refractivity contribution is -0.385. The van der Waals surface area contributed by atoms with E-state index < -0.39 is 10.8 Å². The predicted molar refractivity (Wildman–Crippen MR) is 118 cm³/mol. The van der Waals surface area contributed by atoms with Crippen LogP contribution in [0.2, 0.25) is 10.0 Å². The van der Waals surface area contributed by atoms with Crippen molar-refractivity contribution >= 4 is 41.0 Å². The van der Waals surface area contributed by atoms with Crippen LogP contribution in [0, 0.1) is 10.1 Å². The highest BCUT2D eigenvalue weighted by Crippen LogP contribution is 2.31. The third-order valence-electron chi connectivity index (χ3n) is 4.16. The quantitative estimate of drug-likeness (QED) is 0.284. The molecule has 0 atom stereocenters. The van der Waals surface area contributed by atoms with E-state index in [1.54, 1.807) is 36.4 Å². The molecule has 0 saturated heterocycles. The number of nitrogens with zero attached hydrogens (tertiary/aromatic N) is 4. The molecule has 1 amide bonds. The molecule has 0 fully saturated rings. The lowest BCUT2D eigenvalue weighted by atomic mass is 10.2. The number of amides is 1. The second-order valence-corrected chi connectivity index (χ2v) is 7.16. The van der Waals surface area contributed by atoms with Gasteiger partial charge in [0.2, 0.25) is 0 Å². The van der Waals surface area contributed by atoms with Crippen molar-refractivity contribution < 1.29 is 19.2 Å². The number of carbonyl (C=O) groups excluding carboxylic acids is 1. The van der Waals surface area contributed by atoms with Gasteiger partial charge in [-0.1, -0.05) is 29.3 Å². The van der Waals surface area contributed by atoms with Gasteiger partial charge in [-0.2, -0.15) is 10.2 Å². The molecule has 0 spiro atoms. The average Bonchev–Trinajstić information content (AvgIpc) is 3.22. The number of nitrogens with one attached hydrogen (secondary N) is 1. The number of nitro groups is 1. The van der Waals surface area contributed by atoms with Crippen molar-refractivity contribution in [2.24, 2.45) is 5.10 Å². The molecule has 2 aromatic carbocycles. The normalized spacial score (nSPS) is 10.8. The van der Waals surface area contributed by atoms with Crippen molar-refractivity contribution in [3.63, 3.8) is 0 Å². The van der Waals surface area contributed by atoms with Crippen LogP contribution in [-0.4, -0.2) is 33.9 Å². The van der Waals surface area contributed by atoms with Crippen molar-refractivity contribution in [3.05, 3.63) is 80.1 Å². The van der Waals surface area contributed by atoms with Gasteiger partial charge < -0.3 is 9.47 Å². The first-order chi connectivity index (χ1) is 15.4. The SMILES string of the molecule is COc1cc(/C=N/NC(=O)Cn2cc([N+](=O)[O-])cn2)ccc1OCc1c(Cl)cccc1Cl. The number of hydrogen-bond donors (Lipinski definition) is 1. The Balaban J connectivity index is 1.59. The second kappa shape index (κ2) is 10.6. The summed E-state index contributed by atoms with van der Waals surface area (Å²) in [6.07, 6.45) is 3.63. The Morgan fingerprint density at radius 2 is 2.03 bits per heavy atom. The van der Waals surface area contributed by atoms with Gasteiger partial charge in [-0.25, -0.2) is 5.43 Å². The Labute approximate surface area is 192 Å². The monoisotopic (exact) mass is 477 g/mol. The molecule has 10 nitrogen and oxygen atoms in total. The summed E-state index contributed by atoms with van der Waals surface area (Å²) >= 11 is 12.3. The van der Waals surface area contributed by atoms with Crippen molar-refractivity contribution in [1.29, 1.82) is 0 Å². The number of halogens is 2. The number of rotatable bonds is 9. The first kappa shape index (κ1) is 23.0. The van der Waals surface area contributed by atoms with Gasteiger partial charge in [0.1, 0.15) is 25.5 Å². The van der Waals surface area contributed by atoms with Crippen LogP contribution in [0.1, 0.15) is 11.1 Å². The average molecular weight is 478 g/mol. The highest BCUT2D eigenvalue weighted by molar-refractivity contribution is 6.35. The summed E-state index contributed by atoms with van der Waals surface area (Å²) in [5.74, 6) is 0.431. The van der Waals surface area contributed by atoms with E-state index in [9.17, 15) is 14.9 Å². The van der Waals surface area contributed by atoms with Crippen molar-refractivity contribution in [2.45, 2.75) is 13.2 Å². The minimum Gasteiger partial charge on any atom is -0.493 e. The van der Waals surface area contributed by atoms with Gasteiger partial charge in [-0.05, 0) is 35.9 Å². The van der Waals surface area contributed by atoms with Gasteiger partial charge in [-0.15, -0.1) is 0 Å².